The molecule has 9 heteroatoms. The van der Waals surface area contributed by atoms with Gasteiger partial charge < -0.3 is 14.2 Å². The molecule has 5 atom stereocenters. The van der Waals surface area contributed by atoms with E-state index in [0.717, 1.165) is 5.56 Å². The largest absolute Gasteiger partial charge is 0.462 e. The quantitative estimate of drug-likeness (QED) is 0.106. The molecule has 0 spiro atoms. The van der Waals surface area contributed by atoms with E-state index in [0.29, 0.717) is 24.8 Å². The average molecular weight is 556 g/mol. The monoisotopic (exact) mass is 555 g/mol. The lowest BCUT2D eigenvalue weighted by molar-refractivity contribution is -0.384. The van der Waals surface area contributed by atoms with Crippen LogP contribution < -0.4 is 0 Å². The molecule has 1 saturated heterocycles. The van der Waals surface area contributed by atoms with Crippen LogP contribution in [0.15, 0.2) is 97.1 Å². The third-order valence-corrected chi connectivity index (χ3v) is 7.50. The molecule has 0 unspecified atom stereocenters. The first-order valence-electron chi connectivity index (χ1n) is 13.5. The van der Waals surface area contributed by atoms with E-state index < -0.39 is 29.1 Å². The maximum absolute atomic E-state index is 13.0. The zero-order valence-corrected chi connectivity index (χ0v) is 22.2. The van der Waals surface area contributed by atoms with E-state index in [4.69, 9.17) is 14.2 Å². The van der Waals surface area contributed by atoms with Crippen LogP contribution in [0.3, 0.4) is 0 Å². The van der Waals surface area contributed by atoms with Gasteiger partial charge in [-0.2, -0.15) is 0 Å². The van der Waals surface area contributed by atoms with E-state index in [1.54, 1.807) is 30.3 Å². The van der Waals surface area contributed by atoms with E-state index in [-0.39, 0.29) is 41.6 Å². The van der Waals surface area contributed by atoms with Crippen LogP contribution in [0.2, 0.25) is 0 Å². The predicted molar refractivity (Wildman–Crippen MR) is 148 cm³/mol. The van der Waals surface area contributed by atoms with Crippen molar-refractivity contribution in [2.75, 3.05) is 0 Å². The summed E-state index contributed by atoms with van der Waals surface area (Å²) < 4.78 is 17.2. The number of benzene rings is 3. The summed E-state index contributed by atoms with van der Waals surface area (Å²) in [6.07, 6.45) is 3.87. The summed E-state index contributed by atoms with van der Waals surface area (Å²) in [7, 11) is 0. The third-order valence-electron chi connectivity index (χ3n) is 7.50. The van der Waals surface area contributed by atoms with Crippen molar-refractivity contribution in [2.24, 2.45) is 11.8 Å². The molecule has 2 aliphatic rings. The Morgan fingerprint density at radius 2 is 1.61 bits per heavy atom. The van der Waals surface area contributed by atoms with Crippen LogP contribution in [0.5, 0.6) is 0 Å². The molecule has 210 valence electrons. The van der Waals surface area contributed by atoms with Crippen LogP contribution >= 0.6 is 0 Å². The number of non-ortho nitro benzene ring substituents is 1. The number of esters is 3. The summed E-state index contributed by atoms with van der Waals surface area (Å²) >= 11 is 0. The number of ether oxygens (including phenoxy) is 3. The standard InChI is InChI=1S/C32H29NO8/c34-30-19-27-26(28(20-29(27)40-30)41-32(36)22-9-5-2-6-10-22)18-17-25(16-11-21-7-3-1-4-8-21)39-31(35)23-12-14-24(15-13-23)33(37)38/h1-10,12-15,17-18,25-29H,11,16,19-20H2/b18-17+/t25-,26+,27+,28+,29-/m0/s1. The Kier molecular flexibility index (Phi) is 8.53. The van der Waals surface area contributed by atoms with Gasteiger partial charge in [0, 0.05) is 30.4 Å². The van der Waals surface area contributed by atoms with Crippen LogP contribution in [-0.2, 0) is 25.4 Å². The number of hydrogen-bond donors (Lipinski definition) is 0. The molecule has 41 heavy (non-hydrogen) atoms. The fourth-order valence-corrected chi connectivity index (χ4v) is 5.40. The minimum atomic E-state index is -0.638. The van der Waals surface area contributed by atoms with Crippen LogP contribution in [0.25, 0.3) is 0 Å². The normalized spacial score (nSPS) is 22.1. The van der Waals surface area contributed by atoms with Crippen molar-refractivity contribution in [3.05, 3.63) is 124 Å². The second-order valence-corrected chi connectivity index (χ2v) is 10.2. The molecule has 3 aromatic rings. The highest BCUT2D eigenvalue weighted by Gasteiger charge is 2.50. The smallest absolute Gasteiger partial charge is 0.338 e. The number of aryl methyl sites for hydroxylation is 1. The number of hydrogen-bond acceptors (Lipinski definition) is 8. The highest BCUT2D eigenvalue weighted by molar-refractivity contribution is 5.90. The van der Waals surface area contributed by atoms with Crippen molar-refractivity contribution >= 4 is 23.6 Å². The molecule has 2 fully saturated rings. The fraction of sp³-hybridized carbons (Fsp3) is 0.281. The van der Waals surface area contributed by atoms with E-state index >= 15 is 0 Å². The van der Waals surface area contributed by atoms with Crippen molar-refractivity contribution < 1.29 is 33.5 Å². The van der Waals surface area contributed by atoms with Crippen molar-refractivity contribution in [1.29, 1.82) is 0 Å². The first kappa shape index (κ1) is 27.8. The SMILES string of the molecule is O=C1C[C@@H]2[C@@H](/C=C/[C@H](CCc3ccccc3)OC(=O)c3ccc([N+](=O)[O-])cc3)[C@H](OC(=O)c3ccccc3)C[C@@H]2O1. The Morgan fingerprint density at radius 3 is 2.29 bits per heavy atom. The van der Waals surface area contributed by atoms with Gasteiger partial charge in [0.2, 0.25) is 0 Å². The van der Waals surface area contributed by atoms with Gasteiger partial charge in [-0.05, 0) is 48.7 Å². The Labute approximate surface area is 236 Å². The summed E-state index contributed by atoms with van der Waals surface area (Å²) in [5, 5.41) is 11.0. The van der Waals surface area contributed by atoms with Gasteiger partial charge in [0.25, 0.3) is 5.69 Å². The zero-order chi connectivity index (χ0) is 28.8. The van der Waals surface area contributed by atoms with Crippen LogP contribution in [-0.4, -0.2) is 41.1 Å². The zero-order valence-electron chi connectivity index (χ0n) is 22.2. The molecule has 0 bridgehead atoms. The molecule has 3 aromatic carbocycles. The molecule has 0 amide bonds. The molecule has 0 aromatic heterocycles. The van der Waals surface area contributed by atoms with E-state index in [9.17, 15) is 24.5 Å². The Balaban J connectivity index is 1.34. The number of nitro groups is 1. The van der Waals surface area contributed by atoms with Crippen molar-refractivity contribution in [3.8, 4) is 0 Å². The molecule has 1 aliphatic carbocycles. The molecule has 1 saturated carbocycles. The molecule has 0 radical (unpaired) electrons. The molecular weight excluding hydrogens is 526 g/mol. The highest BCUT2D eigenvalue weighted by atomic mass is 16.6. The predicted octanol–water partition coefficient (Wildman–Crippen LogP) is 5.49. The maximum Gasteiger partial charge on any atom is 0.338 e. The van der Waals surface area contributed by atoms with Crippen molar-refractivity contribution in [1.82, 2.24) is 0 Å². The fourth-order valence-electron chi connectivity index (χ4n) is 5.40. The number of carbonyl (C=O) groups is 3. The second kappa shape index (κ2) is 12.6. The first-order chi connectivity index (χ1) is 19.9. The van der Waals surface area contributed by atoms with Crippen LogP contribution in [0.1, 0.15) is 45.5 Å². The number of fused-ring (bicyclic) bond motifs is 1. The number of nitro benzene ring substituents is 1. The Bertz CT molecular complexity index is 1420. The van der Waals surface area contributed by atoms with Crippen molar-refractivity contribution in [2.45, 2.75) is 44.0 Å². The van der Waals surface area contributed by atoms with Gasteiger partial charge in [-0.3, -0.25) is 14.9 Å². The molecule has 5 rings (SSSR count). The topological polar surface area (TPSA) is 122 Å². The van der Waals surface area contributed by atoms with Gasteiger partial charge in [0.15, 0.2) is 0 Å². The molecule has 1 aliphatic heterocycles. The van der Waals surface area contributed by atoms with Crippen molar-refractivity contribution in [3.63, 3.8) is 0 Å². The van der Waals surface area contributed by atoms with Gasteiger partial charge in [0.1, 0.15) is 18.3 Å². The Hall–Kier alpha value is -4.79. The lowest BCUT2D eigenvalue weighted by Crippen LogP contribution is -2.25. The summed E-state index contributed by atoms with van der Waals surface area (Å²) in [4.78, 5) is 48.3. The summed E-state index contributed by atoms with van der Waals surface area (Å²) in [6.45, 7) is 0. The van der Waals surface area contributed by atoms with E-state index in [1.807, 2.05) is 42.5 Å². The molecule has 0 N–H and O–H groups in total. The average Bonchev–Trinajstić information content (AvgIpc) is 3.50. The van der Waals surface area contributed by atoms with Gasteiger partial charge in [-0.25, -0.2) is 9.59 Å². The lowest BCUT2D eigenvalue weighted by atomic mass is 9.91. The lowest BCUT2D eigenvalue weighted by Gasteiger charge is -2.21. The van der Waals surface area contributed by atoms with Gasteiger partial charge in [-0.1, -0.05) is 54.6 Å². The second-order valence-electron chi connectivity index (χ2n) is 10.2. The first-order valence-corrected chi connectivity index (χ1v) is 13.5. The summed E-state index contributed by atoms with van der Waals surface area (Å²) in [6, 6.07) is 23.7. The minimum Gasteiger partial charge on any atom is -0.462 e. The Morgan fingerprint density at radius 1 is 0.951 bits per heavy atom. The summed E-state index contributed by atoms with van der Waals surface area (Å²) in [5.41, 5.74) is 1.58. The maximum atomic E-state index is 13.0. The van der Waals surface area contributed by atoms with E-state index in [2.05, 4.69) is 0 Å². The van der Waals surface area contributed by atoms with Gasteiger partial charge >= 0.3 is 17.9 Å². The number of nitrogens with zero attached hydrogens (tertiary/aromatic N) is 1. The van der Waals surface area contributed by atoms with Crippen LogP contribution in [0, 0.1) is 22.0 Å². The van der Waals surface area contributed by atoms with E-state index in [1.165, 1.54) is 24.3 Å². The van der Waals surface area contributed by atoms with Crippen LogP contribution in [0.4, 0.5) is 5.69 Å². The number of rotatable bonds is 10. The van der Waals surface area contributed by atoms with Gasteiger partial charge in [-0.15, -0.1) is 0 Å². The molecule has 1 heterocycles. The minimum absolute atomic E-state index is 0.123. The highest BCUT2D eigenvalue weighted by Crippen LogP contribution is 2.44. The molecule has 9 nitrogen and oxygen atoms in total. The number of carbonyl (C=O) groups excluding carboxylic acids is 3. The van der Waals surface area contributed by atoms with Gasteiger partial charge in [0.05, 0.1) is 22.5 Å². The molecular formula is C32H29NO8. The third kappa shape index (κ3) is 6.87. The summed E-state index contributed by atoms with van der Waals surface area (Å²) in [5.74, 6) is -1.82.